The van der Waals surface area contributed by atoms with E-state index < -0.39 is 0 Å². The number of anilines is 1. The van der Waals surface area contributed by atoms with Crippen LogP contribution >= 0.6 is 11.6 Å². The molecule has 4 rings (SSSR count). The monoisotopic (exact) mass is 364 g/mol. The number of aryl methyl sites for hydroxylation is 1. The van der Waals surface area contributed by atoms with Gasteiger partial charge < -0.3 is 14.9 Å². The Morgan fingerprint density at radius 1 is 1.19 bits per heavy atom. The number of fused-ring (bicyclic) bond motifs is 1. The lowest BCUT2D eigenvalue weighted by Crippen LogP contribution is -2.15. The van der Waals surface area contributed by atoms with Gasteiger partial charge in [0.15, 0.2) is 0 Å². The zero-order chi connectivity index (χ0) is 18.1. The molecule has 0 radical (unpaired) electrons. The highest BCUT2D eigenvalue weighted by molar-refractivity contribution is 6.39. The van der Waals surface area contributed by atoms with Crippen molar-refractivity contribution in [3.8, 4) is 0 Å². The van der Waals surface area contributed by atoms with E-state index in [2.05, 4.69) is 15.3 Å². The van der Waals surface area contributed by atoms with E-state index in [4.69, 9.17) is 11.6 Å². The van der Waals surface area contributed by atoms with Gasteiger partial charge in [-0.2, -0.15) is 0 Å². The summed E-state index contributed by atoms with van der Waals surface area (Å²) in [6.45, 7) is 2.58. The zero-order valence-corrected chi connectivity index (χ0v) is 14.9. The molecule has 1 amide bonds. The summed E-state index contributed by atoms with van der Waals surface area (Å²) in [5.74, 6) is 0.658. The van der Waals surface area contributed by atoms with Crippen LogP contribution < -0.4 is 5.32 Å². The number of rotatable bonds is 4. The Morgan fingerprint density at radius 2 is 1.96 bits per heavy atom. The number of carbonyl (C=O) groups is 1. The molecule has 0 aliphatic heterocycles. The summed E-state index contributed by atoms with van der Waals surface area (Å²) in [6, 6.07) is 15.3. The van der Waals surface area contributed by atoms with Gasteiger partial charge in [0, 0.05) is 29.0 Å². The average molecular weight is 365 g/mol. The Balaban J connectivity index is 1.63. The van der Waals surface area contributed by atoms with Crippen molar-refractivity contribution in [2.24, 2.45) is 0 Å². The van der Waals surface area contributed by atoms with Crippen molar-refractivity contribution in [1.82, 2.24) is 14.5 Å². The first kappa shape index (κ1) is 16.4. The first-order chi connectivity index (χ1) is 12.6. The maximum atomic E-state index is 12.8. The summed E-state index contributed by atoms with van der Waals surface area (Å²) in [6.07, 6.45) is 3.68. The highest BCUT2D eigenvalue weighted by Crippen LogP contribution is 2.28. The average Bonchev–Trinajstić information content (AvgIpc) is 3.20. The number of imidazole rings is 1. The number of halogens is 1. The third kappa shape index (κ3) is 2.97. The molecular formula is C20H17ClN4O. The standard InChI is InChI=1S/C20H17ClN4O/c1-13-22-10-11-25(13)12-14-6-2-4-8-16(14)24-20(26)19-18(21)15-7-3-5-9-17(15)23-19/h2-11,23H,12H2,1H3,(H,24,26). The summed E-state index contributed by atoms with van der Waals surface area (Å²) in [4.78, 5) is 20.1. The molecule has 2 heterocycles. The van der Waals surface area contributed by atoms with E-state index in [1.165, 1.54) is 0 Å². The summed E-state index contributed by atoms with van der Waals surface area (Å²) in [5.41, 5.74) is 2.95. The van der Waals surface area contributed by atoms with Gasteiger partial charge in [-0.15, -0.1) is 0 Å². The van der Waals surface area contributed by atoms with Crippen LogP contribution in [0.2, 0.25) is 5.02 Å². The number of nitrogens with one attached hydrogen (secondary N) is 2. The number of para-hydroxylation sites is 2. The highest BCUT2D eigenvalue weighted by Gasteiger charge is 2.17. The predicted molar refractivity (Wildman–Crippen MR) is 104 cm³/mol. The molecule has 0 unspecified atom stereocenters. The van der Waals surface area contributed by atoms with Crippen LogP contribution in [0.25, 0.3) is 10.9 Å². The van der Waals surface area contributed by atoms with Crippen LogP contribution in [0.3, 0.4) is 0 Å². The molecule has 0 atom stereocenters. The topological polar surface area (TPSA) is 62.7 Å². The molecule has 130 valence electrons. The summed E-state index contributed by atoms with van der Waals surface area (Å²) >= 11 is 6.39. The van der Waals surface area contributed by atoms with E-state index in [-0.39, 0.29) is 5.91 Å². The van der Waals surface area contributed by atoms with Crippen LogP contribution in [0, 0.1) is 6.92 Å². The number of aromatic nitrogens is 3. The number of hydrogen-bond donors (Lipinski definition) is 2. The second kappa shape index (κ2) is 6.69. The highest BCUT2D eigenvalue weighted by atomic mass is 35.5. The van der Waals surface area contributed by atoms with E-state index in [0.717, 1.165) is 28.0 Å². The second-order valence-electron chi connectivity index (χ2n) is 6.07. The van der Waals surface area contributed by atoms with Crippen LogP contribution in [0.4, 0.5) is 5.69 Å². The van der Waals surface area contributed by atoms with Gasteiger partial charge in [0.05, 0.1) is 11.6 Å². The number of amides is 1. The molecule has 6 heteroatoms. The number of H-pyrrole nitrogens is 1. The fourth-order valence-corrected chi connectivity index (χ4v) is 3.28. The molecule has 0 aliphatic rings. The molecule has 4 aromatic rings. The minimum absolute atomic E-state index is 0.263. The molecule has 0 bridgehead atoms. The fraction of sp³-hybridized carbons (Fsp3) is 0.100. The largest absolute Gasteiger partial charge is 0.349 e. The maximum absolute atomic E-state index is 12.8. The molecule has 0 saturated carbocycles. The SMILES string of the molecule is Cc1nccn1Cc1ccccc1NC(=O)c1[nH]c2ccccc2c1Cl. The van der Waals surface area contributed by atoms with Crippen LogP contribution in [0.15, 0.2) is 60.9 Å². The number of hydrogen-bond acceptors (Lipinski definition) is 2. The van der Waals surface area contributed by atoms with Crippen LogP contribution in [-0.2, 0) is 6.54 Å². The number of aromatic amines is 1. The smallest absolute Gasteiger partial charge is 0.273 e. The second-order valence-corrected chi connectivity index (χ2v) is 6.45. The lowest BCUT2D eigenvalue weighted by atomic mass is 10.1. The molecule has 0 saturated heterocycles. The quantitative estimate of drug-likeness (QED) is 0.554. The first-order valence-electron chi connectivity index (χ1n) is 8.26. The van der Waals surface area contributed by atoms with E-state index in [1.54, 1.807) is 6.20 Å². The lowest BCUT2D eigenvalue weighted by Gasteiger charge is -2.12. The van der Waals surface area contributed by atoms with Gasteiger partial charge in [-0.1, -0.05) is 48.0 Å². The van der Waals surface area contributed by atoms with E-state index >= 15 is 0 Å². The van der Waals surface area contributed by atoms with E-state index in [0.29, 0.717) is 17.3 Å². The van der Waals surface area contributed by atoms with E-state index in [1.807, 2.05) is 66.2 Å². The Labute approximate surface area is 155 Å². The van der Waals surface area contributed by atoms with Gasteiger partial charge in [0.25, 0.3) is 5.91 Å². The van der Waals surface area contributed by atoms with Crippen molar-refractivity contribution in [2.45, 2.75) is 13.5 Å². The third-order valence-corrected chi connectivity index (χ3v) is 4.79. The summed E-state index contributed by atoms with van der Waals surface area (Å²) in [7, 11) is 0. The van der Waals surface area contributed by atoms with Crippen molar-refractivity contribution in [3.05, 3.63) is 83.0 Å². The first-order valence-corrected chi connectivity index (χ1v) is 8.64. The van der Waals surface area contributed by atoms with Crippen LogP contribution in [-0.4, -0.2) is 20.4 Å². The molecule has 0 spiro atoms. The van der Waals surface area contributed by atoms with Crippen LogP contribution in [0.5, 0.6) is 0 Å². The zero-order valence-electron chi connectivity index (χ0n) is 14.2. The minimum atomic E-state index is -0.263. The molecular weight excluding hydrogens is 348 g/mol. The minimum Gasteiger partial charge on any atom is -0.349 e. The van der Waals surface area contributed by atoms with Crippen molar-refractivity contribution < 1.29 is 4.79 Å². The van der Waals surface area contributed by atoms with Crippen molar-refractivity contribution in [3.63, 3.8) is 0 Å². The molecule has 0 fully saturated rings. The number of nitrogens with zero attached hydrogens (tertiary/aromatic N) is 2. The van der Waals surface area contributed by atoms with Gasteiger partial charge in [-0.05, 0) is 24.6 Å². The lowest BCUT2D eigenvalue weighted by molar-refractivity contribution is 0.102. The Bertz CT molecular complexity index is 1100. The van der Waals surface area contributed by atoms with Gasteiger partial charge in [-0.3, -0.25) is 4.79 Å². The van der Waals surface area contributed by atoms with Gasteiger partial charge in [0.2, 0.25) is 0 Å². The summed E-state index contributed by atoms with van der Waals surface area (Å²) < 4.78 is 2.03. The van der Waals surface area contributed by atoms with Crippen molar-refractivity contribution in [2.75, 3.05) is 5.32 Å². The normalized spacial score (nSPS) is 11.0. The Hall–Kier alpha value is -3.05. The Morgan fingerprint density at radius 3 is 2.73 bits per heavy atom. The predicted octanol–water partition coefficient (Wildman–Crippen LogP) is 4.63. The number of benzene rings is 2. The van der Waals surface area contributed by atoms with Crippen molar-refractivity contribution in [1.29, 1.82) is 0 Å². The summed E-state index contributed by atoms with van der Waals surface area (Å²) in [5, 5.41) is 4.24. The molecule has 2 aromatic carbocycles. The Kier molecular flexibility index (Phi) is 4.22. The molecule has 26 heavy (non-hydrogen) atoms. The molecule has 0 aliphatic carbocycles. The van der Waals surface area contributed by atoms with Gasteiger partial charge in [0.1, 0.15) is 11.5 Å². The van der Waals surface area contributed by atoms with Crippen molar-refractivity contribution >= 4 is 34.1 Å². The van der Waals surface area contributed by atoms with Gasteiger partial charge in [-0.25, -0.2) is 4.98 Å². The van der Waals surface area contributed by atoms with Gasteiger partial charge >= 0.3 is 0 Å². The fourth-order valence-electron chi connectivity index (χ4n) is 2.98. The molecule has 5 nitrogen and oxygen atoms in total. The van der Waals surface area contributed by atoms with E-state index in [9.17, 15) is 4.79 Å². The van der Waals surface area contributed by atoms with Crippen LogP contribution in [0.1, 0.15) is 21.9 Å². The molecule has 2 N–H and O–H groups in total. The number of carbonyl (C=O) groups excluding carboxylic acids is 1. The molecule has 2 aromatic heterocycles. The third-order valence-electron chi connectivity index (χ3n) is 4.40. The maximum Gasteiger partial charge on any atom is 0.273 e.